The molecule has 8 nitrogen and oxygen atoms in total. The van der Waals surface area contributed by atoms with E-state index in [1.54, 1.807) is 19.1 Å². The SMILES string of the molecule is Cc1nc(C(=O)NCCF)ccc1N1CCN(Cc2cc(F)c3nc(C)c(=O)[nH]c3c2)CC1. The Morgan fingerprint density at radius 3 is 2.58 bits per heavy atom. The summed E-state index contributed by atoms with van der Waals surface area (Å²) >= 11 is 0. The van der Waals surface area contributed by atoms with Crippen LogP contribution in [0.5, 0.6) is 0 Å². The molecule has 2 aromatic heterocycles. The zero-order valence-electron chi connectivity index (χ0n) is 18.6. The highest BCUT2D eigenvalue weighted by Gasteiger charge is 2.20. The second-order valence-corrected chi connectivity index (χ2v) is 8.13. The molecule has 3 heterocycles. The number of nitrogens with one attached hydrogen (secondary N) is 2. The molecule has 1 fully saturated rings. The van der Waals surface area contributed by atoms with Crippen LogP contribution in [-0.2, 0) is 6.54 Å². The van der Waals surface area contributed by atoms with E-state index in [4.69, 9.17) is 0 Å². The molecule has 1 aliphatic heterocycles. The van der Waals surface area contributed by atoms with Crippen molar-refractivity contribution >= 4 is 22.6 Å². The van der Waals surface area contributed by atoms with Crippen molar-refractivity contribution in [2.45, 2.75) is 20.4 Å². The van der Waals surface area contributed by atoms with E-state index in [1.807, 2.05) is 13.0 Å². The van der Waals surface area contributed by atoms with E-state index in [0.29, 0.717) is 12.1 Å². The predicted molar refractivity (Wildman–Crippen MR) is 122 cm³/mol. The van der Waals surface area contributed by atoms with E-state index < -0.39 is 12.5 Å². The quantitative estimate of drug-likeness (QED) is 0.590. The Morgan fingerprint density at radius 1 is 1.12 bits per heavy atom. The number of amides is 1. The number of aromatic nitrogens is 3. The lowest BCUT2D eigenvalue weighted by Gasteiger charge is -2.36. The van der Waals surface area contributed by atoms with E-state index >= 15 is 0 Å². The molecule has 1 amide bonds. The number of benzene rings is 1. The van der Waals surface area contributed by atoms with Crippen LogP contribution in [0.25, 0.3) is 11.0 Å². The molecular formula is C23H26F2N6O2. The van der Waals surface area contributed by atoms with Crippen LogP contribution in [-0.4, -0.2) is 65.2 Å². The Hall–Kier alpha value is -3.40. The van der Waals surface area contributed by atoms with Crippen LogP contribution in [0, 0.1) is 19.7 Å². The minimum absolute atomic E-state index is 0.0311. The molecule has 0 aliphatic carbocycles. The first kappa shape index (κ1) is 22.8. The van der Waals surface area contributed by atoms with Gasteiger partial charge in [0.15, 0.2) is 5.82 Å². The topological polar surface area (TPSA) is 94.2 Å². The zero-order valence-corrected chi connectivity index (χ0v) is 18.6. The minimum atomic E-state index is -0.618. The van der Waals surface area contributed by atoms with Gasteiger partial charge in [0.1, 0.15) is 23.6 Å². The number of aryl methyl sites for hydroxylation is 2. The van der Waals surface area contributed by atoms with Crippen LogP contribution in [0.3, 0.4) is 0 Å². The molecule has 2 N–H and O–H groups in total. The highest BCUT2D eigenvalue weighted by Crippen LogP contribution is 2.22. The third kappa shape index (κ3) is 5.00. The number of alkyl halides is 1. The summed E-state index contributed by atoms with van der Waals surface area (Å²) in [5.41, 5.74) is 3.22. The smallest absolute Gasteiger partial charge is 0.269 e. The van der Waals surface area contributed by atoms with Gasteiger partial charge in [-0.15, -0.1) is 0 Å². The van der Waals surface area contributed by atoms with E-state index in [-0.39, 0.29) is 34.9 Å². The normalized spacial score (nSPS) is 14.6. The minimum Gasteiger partial charge on any atom is -0.368 e. The second kappa shape index (κ2) is 9.62. The Bertz CT molecular complexity index is 1240. The van der Waals surface area contributed by atoms with Crippen LogP contribution in [0.1, 0.15) is 27.4 Å². The van der Waals surface area contributed by atoms with Gasteiger partial charge in [0, 0.05) is 39.3 Å². The van der Waals surface area contributed by atoms with Crippen LogP contribution < -0.4 is 15.8 Å². The van der Waals surface area contributed by atoms with Crippen molar-refractivity contribution in [1.29, 1.82) is 0 Å². The molecule has 0 bridgehead atoms. The highest BCUT2D eigenvalue weighted by molar-refractivity contribution is 5.92. The van der Waals surface area contributed by atoms with Crippen molar-refractivity contribution in [2.24, 2.45) is 0 Å². The summed E-state index contributed by atoms with van der Waals surface area (Å²) in [5, 5.41) is 2.48. The molecule has 174 valence electrons. The third-order valence-electron chi connectivity index (χ3n) is 5.77. The van der Waals surface area contributed by atoms with Crippen molar-refractivity contribution in [3.8, 4) is 0 Å². The average Bonchev–Trinajstić information content (AvgIpc) is 2.79. The summed E-state index contributed by atoms with van der Waals surface area (Å²) < 4.78 is 26.8. The van der Waals surface area contributed by atoms with Gasteiger partial charge in [-0.3, -0.25) is 14.5 Å². The van der Waals surface area contributed by atoms with Crippen LogP contribution in [0.2, 0.25) is 0 Å². The number of carbonyl (C=O) groups is 1. The third-order valence-corrected chi connectivity index (χ3v) is 5.77. The number of nitrogens with zero attached hydrogens (tertiary/aromatic N) is 4. The predicted octanol–water partition coefficient (Wildman–Crippen LogP) is 2.10. The summed E-state index contributed by atoms with van der Waals surface area (Å²) in [6, 6.07) is 6.77. The van der Waals surface area contributed by atoms with Crippen molar-refractivity contribution in [3.63, 3.8) is 0 Å². The summed E-state index contributed by atoms with van der Waals surface area (Å²) in [6.45, 7) is 6.35. The number of hydrogen-bond donors (Lipinski definition) is 2. The van der Waals surface area contributed by atoms with Crippen molar-refractivity contribution in [3.05, 3.63) is 63.1 Å². The van der Waals surface area contributed by atoms with Crippen molar-refractivity contribution in [1.82, 2.24) is 25.2 Å². The second-order valence-electron chi connectivity index (χ2n) is 8.13. The molecule has 1 saturated heterocycles. The summed E-state index contributed by atoms with van der Waals surface area (Å²) in [5.74, 6) is -0.834. The van der Waals surface area contributed by atoms with Gasteiger partial charge in [-0.2, -0.15) is 0 Å². The Balaban J connectivity index is 1.41. The summed E-state index contributed by atoms with van der Waals surface area (Å²) in [4.78, 5) is 39.4. The van der Waals surface area contributed by atoms with Crippen molar-refractivity contribution < 1.29 is 13.6 Å². The molecule has 10 heteroatoms. The Kier molecular flexibility index (Phi) is 6.64. The largest absolute Gasteiger partial charge is 0.368 e. The molecule has 33 heavy (non-hydrogen) atoms. The lowest BCUT2D eigenvalue weighted by molar-refractivity contribution is 0.0945. The number of aromatic amines is 1. The van der Waals surface area contributed by atoms with Gasteiger partial charge in [0.2, 0.25) is 0 Å². The average molecular weight is 456 g/mol. The van der Waals surface area contributed by atoms with Gasteiger partial charge < -0.3 is 15.2 Å². The fraction of sp³-hybridized carbons (Fsp3) is 0.391. The Morgan fingerprint density at radius 2 is 1.88 bits per heavy atom. The number of H-pyrrole nitrogens is 1. The molecular weight excluding hydrogens is 430 g/mol. The number of hydrogen-bond acceptors (Lipinski definition) is 6. The maximum absolute atomic E-state index is 14.5. The Labute approximate surface area is 189 Å². The van der Waals surface area contributed by atoms with E-state index in [0.717, 1.165) is 43.1 Å². The molecule has 1 aromatic carbocycles. The van der Waals surface area contributed by atoms with E-state index in [2.05, 4.69) is 30.1 Å². The zero-order chi connectivity index (χ0) is 23.5. The van der Waals surface area contributed by atoms with Crippen molar-refractivity contribution in [2.75, 3.05) is 44.3 Å². The number of anilines is 1. The molecule has 1 aliphatic rings. The fourth-order valence-electron chi connectivity index (χ4n) is 4.06. The number of carbonyl (C=O) groups excluding carboxylic acids is 1. The molecule has 3 aromatic rings. The molecule has 0 radical (unpaired) electrons. The first-order valence-electron chi connectivity index (χ1n) is 10.8. The first-order valence-corrected chi connectivity index (χ1v) is 10.8. The standard InChI is InChI=1S/C23H26F2N6O2/c1-14-20(4-3-18(27-14)23(33)26-6-5-24)31-9-7-30(8-10-31)13-16-11-17(25)21-19(12-16)29-22(32)15(2)28-21/h3-4,11-12H,5-10,13H2,1-2H3,(H,26,33)(H,29,32). The lowest BCUT2D eigenvalue weighted by atomic mass is 10.1. The number of rotatable bonds is 6. The first-order chi connectivity index (χ1) is 15.9. The van der Waals surface area contributed by atoms with Gasteiger partial charge in [-0.05, 0) is 43.7 Å². The summed E-state index contributed by atoms with van der Waals surface area (Å²) in [7, 11) is 0. The summed E-state index contributed by atoms with van der Waals surface area (Å²) in [6.07, 6.45) is 0. The monoisotopic (exact) mass is 456 g/mol. The highest BCUT2D eigenvalue weighted by atomic mass is 19.1. The van der Waals surface area contributed by atoms with Gasteiger partial charge >= 0.3 is 0 Å². The number of pyridine rings is 1. The number of piperazine rings is 1. The van der Waals surface area contributed by atoms with Crippen LogP contribution in [0.15, 0.2) is 29.1 Å². The van der Waals surface area contributed by atoms with Gasteiger partial charge in [0.25, 0.3) is 11.5 Å². The van der Waals surface area contributed by atoms with Crippen LogP contribution in [0.4, 0.5) is 14.5 Å². The molecule has 4 rings (SSSR count). The molecule has 0 saturated carbocycles. The van der Waals surface area contributed by atoms with Gasteiger partial charge in [0.05, 0.1) is 16.9 Å². The van der Waals surface area contributed by atoms with E-state index in [1.165, 1.54) is 6.07 Å². The van der Waals surface area contributed by atoms with Gasteiger partial charge in [-0.25, -0.2) is 18.7 Å². The number of halogens is 2. The van der Waals surface area contributed by atoms with Gasteiger partial charge in [-0.1, -0.05) is 0 Å². The van der Waals surface area contributed by atoms with Crippen LogP contribution >= 0.6 is 0 Å². The maximum Gasteiger partial charge on any atom is 0.269 e. The lowest BCUT2D eigenvalue weighted by Crippen LogP contribution is -2.46. The molecule has 0 unspecified atom stereocenters. The molecule has 0 spiro atoms. The fourth-order valence-corrected chi connectivity index (χ4v) is 4.06. The number of fused-ring (bicyclic) bond motifs is 1. The van der Waals surface area contributed by atoms with E-state index in [9.17, 15) is 18.4 Å². The molecule has 0 atom stereocenters. The maximum atomic E-state index is 14.5.